The minimum atomic E-state index is -3.59. The lowest BCUT2D eigenvalue weighted by molar-refractivity contribution is -0.122. The highest BCUT2D eigenvalue weighted by atomic mass is 35.5. The van der Waals surface area contributed by atoms with Crippen molar-refractivity contribution in [2.24, 2.45) is 0 Å². The van der Waals surface area contributed by atoms with E-state index in [0.717, 1.165) is 23.4 Å². The fraction of sp³-hybridized carbons (Fsp3) is 0.533. The molecule has 0 bridgehead atoms. The lowest BCUT2D eigenvalue weighted by Crippen LogP contribution is -2.49. The van der Waals surface area contributed by atoms with Gasteiger partial charge in [0.2, 0.25) is 15.9 Å². The second-order valence-electron chi connectivity index (χ2n) is 5.10. The van der Waals surface area contributed by atoms with E-state index in [1.54, 1.807) is 31.2 Å². The number of benzene rings is 1. The molecule has 1 atom stereocenters. The van der Waals surface area contributed by atoms with E-state index in [-0.39, 0.29) is 5.91 Å². The van der Waals surface area contributed by atoms with Crippen LogP contribution in [0.2, 0.25) is 5.02 Å². The summed E-state index contributed by atoms with van der Waals surface area (Å²) >= 11 is 5.84. The lowest BCUT2D eigenvalue weighted by Gasteiger charge is -2.30. The molecule has 7 heteroatoms. The second kappa shape index (κ2) is 8.39. The molecule has 5 nitrogen and oxygen atoms in total. The Kier molecular flexibility index (Phi) is 7.16. The molecule has 1 rings (SSSR count). The monoisotopic (exact) mass is 346 g/mol. The molecular formula is C15H23ClN2O3S. The molecule has 124 valence electrons. The minimum Gasteiger partial charge on any atom is -0.354 e. The third kappa shape index (κ3) is 5.18. The topological polar surface area (TPSA) is 66.5 Å². The van der Waals surface area contributed by atoms with Crippen molar-refractivity contribution in [3.05, 3.63) is 29.3 Å². The van der Waals surface area contributed by atoms with Crippen LogP contribution in [0, 0.1) is 0 Å². The van der Waals surface area contributed by atoms with E-state index >= 15 is 0 Å². The van der Waals surface area contributed by atoms with Crippen LogP contribution in [-0.4, -0.2) is 33.2 Å². The second-order valence-corrected chi connectivity index (χ2v) is 7.40. The molecule has 0 aliphatic rings. The third-order valence-corrected chi connectivity index (χ3v) is 4.67. The van der Waals surface area contributed by atoms with Crippen LogP contribution in [0.5, 0.6) is 0 Å². The average molecular weight is 347 g/mol. The highest BCUT2D eigenvalue weighted by molar-refractivity contribution is 7.92. The molecule has 1 N–H and O–H groups in total. The highest BCUT2D eigenvalue weighted by Gasteiger charge is 2.31. The van der Waals surface area contributed by atoms with Crippen LogP contribution < -0.4 is 9.62 Å². The van der Waals surface area contributed by atoms with E-state index in [0.29, 0.717) is 23.7 Å². The van der Waals surface area contributed by atoms with Gasteiger partial charge in [0.15, 0.2) is 0 Å². The van der Waals surface area contributed by atoms with Gasteiger partial charge in [-0.3, -0.25) is 9.10 Å². The van der Waals surface area contributed by atoms with Crippen LogP contribution in [0.25, 0.3) is 0 Å². The fourth-order valence-corrected chi connectivity index (χ4v) is 3.49. The highest BCUT2D eigenvalue weighted by Crippen LogP contribution is 2.24. The normalized spacial score (nSPS) is 12.7. The summed E-state index contributed by atoms with van der Waals surface area (Å²) in [6.07, 6.45) is 3.31. The zero-order valence-corrected chi connectivity index (χ0v) is 14.7. The summed E-state index contributed by atoms with van der Waals surface area (Å²) in [7, 11) is -3.59. The van der Waals surface area contributed by atoms with Gasteiger partial charge in [-0.05, 0) is 37.1 Å². The zero-order valence-electron chi connectivity index (χ0n) is 13.2. The first kappa shape index (κ1) is 18.8. The molecule has 0 saturated heterocycles. The van der Waals surface area contributed by atoms with E-state index in [9.17, 15) is 13.2 Å². The summed E-state index contributed by atoms with van der Waals surface area (Å²) in [5.74, 6) is -0.281. The number of halogens is 1. The first-order valence-electron chi connectivity index (χ1n) is 7.34. The molecule has 1 amide bonds. The van der Waals surface area contributed by atoms with Crippen LogP contribution in [-0.2, 0) is 14.8 Å². The minimum absolute atomic E-state index is 0.281. The molecule has 0 fully saturated rings. The van der Waals surface area contributed by atoms with E-state index in [1.165, 1.54) is 0 Å². The predicted molar refractivity (Wildman–Crippen MR) is 90.8 cm³/mol. The maximum Gasteiger partial charge on any atom is 0.243 e. The largest absolute Gasteiger partial charge is 0.354 e. The van der Waals surface area contributed by atoms with Crippen molar-refractivity contribution in [2.75, 3.05) is 17.1 Å². The molecule has 0 unspecified atom stereocenters. The quantitative estimate of drug-likeness (QED) is 0.736. The van der Waals surface area contributed by atoms with Gasteiger partial charge < -0.3 is 5.32 Å². The summed E-state index contributed by atoms with van der Waals surface area (Å²) in [5, 5.41) is 3.31. The van der Waals surface area contributed by atoms with Crippen molar-refractivity contribution in [3.63, 3.8) is 0 Å². The van der Waals surface area contributed by atoms with Gasteiger partial charge in [-0.1, -0.05) is 31.9 Å². The first-order chi connectivity index (χ1) is 10.3. The van der Waals surface area contributed by atoms with Crippen LogP contribution in [0.1, 0.15) is 33.1 Å². The Morgan fingerprint density at radius 1 is 1.27 bits per heavy atom. The van der Waals surface area contributed by atoms with Crippen LogP contribution in [0.3, 0.4) is 0 Å². The number of sulfonamides is 1. The molecule has 1 aromatic rings. The summed E-state index contributed by atoms with van der Waals surface area (Å²) in [6, 6.07) is 5.65. The van der Waals surface area contributed by atoms with E-state index in [4.69, 9.17) is 11.6 Å². The summed E-state index contributed by atoms with van der Waals surface area (Å²) < 4.78 is 25.5. The Morgan fingerprint density at radius 2 is 1.86 bits per heavy atom. The summed E-state index contributed by atoms with van der Waals surface area (Å²) in [4.78, 5) is 12.3. The smallest absolute Gasteiger partial charge is 0.243 e. The number of nitrogens with zero attached hydrogens (tertiary/aromatic N) is 1. The van der Waals surface area contributed by atoms with Crippen molar-refractivity contribution in [3.8, 4) is 0 Å². The zero-order chi connectivity index (χ0) is 16.8. The van der Waals surface area contributed by atoms with Gasteiger partial charge in [0, 0.05) is 11.6 Å². The SMILES string of the molecule is CCCCNC(=O)[C@H](CC)N(c1ccc(Cl)cc1)S(C)(=O)=O. The molecule has 22 heavy (non-hydrogen) atoms. The van der Waals surface area contributed by atoms with E-state index in [1.807, 2.05) is 6.92 Å². The number of hydrogen-bond acceptors (Lipinski definition) is 3. The third-order valence-electron chi connectivity index (χ3n) is 3.24. The average Bonchev–Trinajstić information content (AvgIpc) is 2.44. The molecule has 0 aliphatic carbocycles. The van der Waals surface area contributed by atoms with Gasteiger partial charge in [0.1, 0.15) is 6.04 Å². The predicted octanol–water partition coefficient (Wildman–Crippen LogP) is 2.80. The van der Waals surface area contributed by atoms with Gasteiger partial charge in [-0.2, -0.15) is 0 Å². The number of carbonyl (C=O) groups excluding carboxylic acids is 1. The Bertz CT molecular complexity index is 587. The van der Waals surface area contributed by atoms with Gasteiger partial charge in [-0.25, -0.2) is 8.42 Å². The van der Waals surface area contributed by atoms with Crippen molar-refractivity contribution < 1.29 is 13.2 Å². The number of nitrogens with one attached hydrogen (secondary N) is 1. The molecule has 0 aliphatic heterocycles. The summed E-state index contributed by atoms with van der Waals surface area (Å²) in [6.45, 7) is 4.36. The fourth-order valence-electron chi connectivity index (χ4n) is 2.15. The van der Waals surface area contributed by atoms with Crippen LogP contribution >= 0.6 is 11.6 Å². The standard InChI is InChI=1S/C15H23ClN2O3S/c1-4-6-11-17-15(19)14(5-2)18(22(3,20)21)13-9-7-12(16)8-10-13/h7-10,14H,4-6,11H2,1-3H3,(H,17,19)/t14-/m0/s1. The van der Waals surface area contributed by atoms with Crippen molar-refractivity contribution in [1.29, 1.82) is 0 Å². The number of carbonyl (C=O) groups is 1. The lowest BCUT2D eigenvalue weighted by atomic mass is 10.2. The van der Waals surface area contributed by atoms with E-state index < -0.39 is 16.1 Å². The molecular weight excluding hydrogens is 324 g/mol. The Morgan fingerprint density at radius 3 is 2.32 bits per heavy atom. The van der Waals surface area contributed by atoms with Crippen molar-refractivity contribution >= 4 is 33.2 Å². The number of anilines is 1. The van der Waals surface area contributed by atoms with Crippen molar-refractivity contribution in [1.82, 2.24) is 5.32 Å². The van der Waals surface area contributed by atoms with Gasteiger partial charge in [0.05, 0.1) is 11.9 Å². The van der Waals surface area contributed by atoms with Crippen LogP contribution in [0.4, 0.5) is 5.69 Å². The van der Waals surface area contributed by atoms with Gasteiger partial charge in [0.25, 0.3) is 0 Å². The van der Waals surface area contributed by atoms with Crippen molar-refractivity contribution in [2.45, 2.75) is 39.2 Å². The maximum atomic E-state index is 12.3. The van der Waals surface area contributed by atoms with E-state index in [2.05, 4.69) is 5.32 Å². The Balaban J connectivity index is 3.08. The Labute approximate surface area is 137 Å². The molecule has 1 aromatic carbocycles. The number of amides is 1. The first-order valence-corrected chi connectivity index (χ1v) is 9.56. The molecule has 0 heterocycles. The van der Waals surface area contributed by atoms with Gasteiger partial charge >= 0.3 is 0 Å². The molecule has 0 spiro atoms. The molecule has 0 saturated carbocycles. The maximum absolute atomic E-state index is 12.3. The number of rotatable bonds is 8. The summed E-state index contributed by atoms with van der Waals surface area (Å²) in [5.41, 5.74) is 0.435. The van der Waals surface area contributed by atoms with Gasteiger partial charge in [-0.15, -0.1) is 0 Å². The molecule has 0 aromatic heterocycles. The van der Waals surface area contributed by atoms with Crippen LogP contribution in [0.15, 0.2) is 24.3 Å². The number of hydrogen-bond donors (Lipinski definition) is 1. The Hall–Kier alpha value is -1.27. The number of unbranched alkanes of at least 4 members (excludes halogenated alkanes) is 1. The molecule has 0 radical (unpaired) electrons.